The monoisotopic (exact) mass is 292 g/mol. The Balaban J connectivity index is 2.50. The van der Waals surface area contributed by atoms with Crippen LogP contribution in [-0.4, -0.2) is 66.5 Å². The van der Waals surface area contributed by atoms with Crippen LogP contribution >= 0.6 is 0 Å². The van der Waals surface area contributed by atoms with Gasteiger partial charge in [0.2, 0.25) is 15.9 Å². The highest BCUT2D eigenvalue weighted by atomic mass is 32.2. The number of carboxylic acid groups (broad SMARTS) is 1. The number of carbonyl (C=O) groups is 2. The quantitative estimate of drug-likeness (QED) is 0.697. The summed E-state index contributed by atoms with van der Waals surface area (Å²) in [7, 11) is -3.20. The first-order valence-electron chi connectivity index (χ1n) is 6.34. The summed E-state index contributed by atoms with van der Waals surface area (Å²) in [5, 5.41) is 8.72. The Labute approximate surface area is 113 Å². The van der Waals surface area contributed by atoms with Crippen LogP contribution < -0.4 is 0 Å². The topological polar surface area (TPSA) is 95.0 Å². The molecule has 0 aliphatic carbocycles. The normalized spacial score (nSPS) is 18.4. The van der Waals surface area contributed by atoms with E-state index in [9.17, 15) is 18.0 Å². The zero-order valence-corrected chi connectivity index (χ0v) is 11.9. The average Bonchev–Trinajstić information content (AvgIpc) is 2.64. The van der Waals surface area contributed by atoms with Crippen LogP contribution in [0.5, 0.6) is 0 Å². The van der Waals surface area contributed by atoms with Crippen LogP contribution in [0.1, 0.15) is 26.2 Å². The maximum Gasteiger partial charge on any atom is 0.323 e. The molecule has 0 atom stereocenters. The van der Waals surface area contributed by atoms with E-state index in [1.165, 1.54) is 9.21 Å². The summed E-state index contributed by atoms with van der Waals surface area (Å²) in [5.74, 6) is -1.24. The van der Waals surface area contributed by atoms with Gasteiger partial charge in [0.1, 0.15) is 6.54 Å². The standard InChI is InChI=1S/C11H20N2O5S/c1-2-5-12(9-11(15)16)10(14)4-7-13-6-3-8-19(13,17)18/h2-9H2,1H3,(H,15,16). The Morgan fingerprint density at radius 3 is 2.53 bits per heavy atom. The fourth-order valence-electron chi connectivity index (χ4n) is 2.05. The molecule has 1 rings (SSSR count). The number of hydrogen-bond acceptors (Lipinski definition) is 4. The summed E-state index contributed by atoms with van der Waals surface area (Å²) in [5.41, 5.74) is 0. The maximum atomic E-state index is 11.9. The van der Waals surface area contributed by atoms with Gasteiger partial charge >= 0.3 is 5.97 Å². The molecule has 1 saturated heterocycles. The molecule has 0 saturated carbocycles. The molecule has 1 heterocycles. The van der Waals surface area contributed by atoms with Crippen molar-refractivity contribution < 1.29 is 23.1 Å². The van der Waals surface area contributed by atoms with Crippen molar-refractivity contribution in [2.24, 2.45) is 0 Å². The first-order valence-corrected chi connectivity index (χ1v) is 7.95. The lowest BCUT2D eigenvalue weighted by atomic mass is 10.3. The second-order valence-electron chi connectivity index (χ2n) is 4.53. The van der Waals surface area contributed by atoms with Crippen LogP contribution in [0.4, 0.5) is 0 Å². The Morgan fingerprint density at radius 1 is 1.37 bits per heavy atom. The summed E-state index contributed by atoms with van der Waals surface area (Å²) in [4.78, 5) is 23.8. The second-order valence-corrected chi connectivity index (χ2v) is 6.62. The van der Waals surface area contributed by atoms with Gasteiger partial charge in [-0.2, -0.15) is 0 Å². The molecule has 1 fully saturated rings. The molecule has 0 aromatic rings. The van der Waals surface area contributed by atoms with Crippen LogP contribution in [-0.2, 0) is 19.6 Å². The Bertz CT molecular complexity index is 434. The van der Waals surface area contributed by atoms with Crippen molar-refractivity contribution in [2.45, 2.75) is 26.2 Å². The van der Waals surface area contributed by atoms with Gasteiger partial charge in [-0.1, -0.05) is 6.92 Å². The molecule has 1 N–H and O–H groups in total. The lowest BCUT2D eigenvalue weighted by Gasteiger charge is -2.21. The third kappa shape index (κ3) is 4.79. The number of rotatable bonds is 7. The van der Waals surface area contributed by atoms with Crippen molar-refractivity contribution in [1.82, 2.24) is 9.21 Å². The summed E-state index contributed by atoms with van der Waals surface area (Å²) >= 11 is 0. The van der Waals surface area contributed by atoms with Crippen molar-refractivity contribution >= 4 is 21.9 Å². The van der Waals surface area contributed by atoms with Crippen LogP contribution in [0, 0.1) is 0 Å². The van der Waals surface area contributed by atoms with Crippen LogP contribution in [0.3, 0.4) is 0 Å². The maximum absolute atomic E-state index is 11.9. The van der Waals surface area contributed by atoms with E-state index >= 15 is 0 Å². The van der Waals surface area contributed by atoms with E-state index in [4.69, 9.17) is 5.11 Å². The van der Waals surface area contributed by atoms with Gasteiger partial charge < -0.3 is 10.0 Å². The highest BCUT2D eigenvalue weighted by molar-refractivity contribution is 7.89. The van der Waals surface area contributed by atoms with E-state index in [0.717, 1.165) is 0 Å². The number of amides is 1. The van der Waals surface area contributed by atoms with E-state index in [0.29, 0.717) is 25.9 Å². The first kappa shape index (κ1) is 15.9. The van der Waals surface area contributed by atoms with Gasteiger partial charge in [-0.05, 0) is 12.8 Å². The minimum absolute atomic E-state index is 0.0342. The van der Waals surface area contributed by atoms with E-state index in [1.54, 1.807) is 0 Å². The lowest BCUT2D eigenvalue weighted by molar-refractivity contribution is -0.144. The SMILES string of the molecule is CCCN(CC(=O)O)C(=O)CCN1CCCS1(=O)=O. The third-order valence-electron chi connectivity index (χ3n) is 2.95. The zero-order chi connectivity index (χ0) is 14.5. The third-order valence-corrected chi connectivity index (χ3v) is 4.91. The molecule has 110 valence electrons. The van der Waals surface area contributed by atoms with Gasteiger partial charge in [-0.25, -0.2) is 12.7 Å². The van der Waals surface area contributed by atoms with Gasteiger partial charge in [-0.15, -0.1) is 0 Å². The first-order chi connectivity index (χ1) is 8.86. The molecular formula is C11H20N2O5S. The minimum atomic E-state index is -3.20. The molecule has 0 aromatic carbocycles. The average molecular weight is 292 g/mol. The molecule has 0 bridgehead atoms. The second kappa shape index (κ2) is 6.85. The summed E-state index contributed by atoms with van der Waals surface area (Å²) in [6.07, 6.45) is 1.29. The number of carboxylic acids is 1. The van der Waals surface area contributed by atoms with E-state index < -0.39 is 16.0 Å². The Hall–Kier alpha value is -1.15. The number of aliphatic carboxylic acids is 1. The number of sulfonamides is 1. The number of nitrogens with zero attached hydrogens (tertiary/aromatic N) is 2. The summed E-state index contributed by atoms with van der Waals surface area (Å²) in [6.45, 7) is 2.48. The van der Waals surface area contributed by atoms with Gasteiger partial charge in [0.15, 0.2) is 0 Å². The van der Waals surface area contributed by atoms with Gasteiger partial charge in [0.25, 0.3) is 0 Å². The van der Waals surface area contributed by atoms with Crippen LogP contribution in [0.15, 0.2) is 0 Å². The van der Waals surface area contributed by atoms with Crippen molar-refractivity contribution in [1.29, 1.82) is 0 Å². The van der Waals surface area contributed by atoms with Crippen LogP contribution in [0.25, 0.3) is 0 Å². The highest BCUT2D eigenvalue weighted by Crippen LogP contribution is 2.13. The predicted molar refractivity (Wildman–Crippen MR) is 69.1 cm³/mol. The molecule has 0 spiro atoms. The molecule has 0 radical (unpaired) electrons. The van der Waals surface area contributed by atoms with Crippen molar-refractivity contribution in [3.8, 4) is 0 Å². The van der Waals surface area contributed by atoms with Gasteiger partial charge in [0.05, 0.1) is 5.75 Å². The van der Waals surface area contributed by atoms with E-state index in [2.05, 4.69) is 0 Å². The molecule has 1 amide bonds. The summed E-state index contributed by atoms with van der Waals surface area (Å²) in [6, 6.07) is 0. The van der Waals surface area contributed by atoms with Gasteiger partial charge in [0, 0.05) is 26.1 Å². The molecule has 0 aromatic heterocycles. The zero-order valence-electron chi connectivity index (χ0n) is 11.0. The fourth-order valence-corrected chi connectivity index (χ4v) is 3.57. The molecule has 1 aliphatic heterocycles. The Kier molecular flexibility index (Phi) is 5.74. The Morgan fingerprint density at radius 2 is 2.05 bits per heavy atom. The molecule has 19 heavy (non-hydrogen) atoms. The van der Waals surface area contributed by atoms with E-state index in [1.807, 2.05) is 6.92 Å². The van der Waals surface area contributed by atoms with E-state index in [-0.39, 0.29) is 31.2 Å². The number of hydrogen-bond donors (Lipinski definition) is 1. The molecule has 7 nitrogen and oxygen atoms in total. The van der Waals surface area contributed by atoms with Crippen LogP contribution in [0.2, 0.25) is 0 Å². The molecule has 8 heteroatoms. The van der Waals surface area contributed by atoms with Crippen molar-refractivity contribution in [3.05, 3.63) is 0 Å². The number of carbonyl (C=O) groups excluding carboxylic acids is 1. The molecule has 1 aliphatic rings. The lowest BCUT2D eigenvalue weighted by Crippen LogP contribution is -2.38. The molecular weight excluding hydrogens is 272 g/mol. The molecule has 0 unspecified atom stereocenters. The predicted octanol–water partition coefficient (Wildman–Crippen LogP) is -0.265. The van der Waals surface area contributed by atoms with Crippen molar-refractivity contribution in [3.63, 3.8) is 0 Å². The van der Waals surface area contributed by atoms with Gasteiger partial charge in [-0.3, -0.25) is 9.59 Å². The smallest absolute Gasteiger partial charge is 0.323 e. The minimum Gasteiger partial charge on any atom is -0.480 e. The fraction of sp³-hybridized carbons (Fsp3) is 0.818. The highest BCUT2D eigenvalue weighted by Gasteiger charge is 2.28. The largest absolute Gasteiger partial charge is 0.480 e. The summed E-state index contributed by atoms with van der Waals surface area (Å²) < 4.78 is 24.4. The van der Waals surface area contributed by atoms with Crippen molar-refractivity contribution in [2.75, 3.05) is 31.9 Å².